The Balaban J connectivity index is 1.33. The van der Waals surface area contributed by atoms with Crippen molar-refractivity contribution >= 4 is 40.3 Å². The van der Waals surface area contributed by atoms with E-state index in [-0.39, 0.29) is 5.91 Å². The van der Waals surface area contributed by atoms with Crippen molar-refractivity contribution < 1.29 is 4.79 Å². The van der Waals surface area contributed by atoms with Crippen LogP contribution in [0.3, 0.4) is 0 Å². The summed E-state index contributed by atoms with van der Waals surface area (Å²) in [4.78, 5) is 25.6. The smallest absolute Gasteiger partial charge is 0.246 e. The van der Waals surface area contributed by atoms with Gasteiger partial charge < -0.3 is 10.6 Å². The second-order valence-electron chi connectivity index (χ2n) is 7.03. The summed E-state index contributed by atoms with van der Waals surface area (Å²) < 4.78 is 0. The number of carbonyl (C=O) groups excluding carboxylic acids is 1. The van der Waals surface area contributed by atoms with Crippen molar-refractivity contribution in [1.82, 2.24) is 19.8 Å². The van der Waals surface area contributed by atoms with Crippen LogP contribution in [0, 0.1) is 0 Å². The minimum absolute atomic E-state index is 0.0193. The number of rotatable bonds is 4. The Morgan fingerprint density at radius 1 is 1.03 bits per heavy atom. The third-order valence-electron chi connectivity index (χ3n) is 5.02. The van der Waals surface area contributed by atoms with Crippen molar-refractivity contribution in [1.29, 1.82) is 0 Å². The molecule has 4 rings (SSSR count). The lowest BCUT2D eigenvalue weighted by molar-refractivity contribution is -0.127. The Kier molecular flexibility index (Phi) is 5.74. The summed E-state index contributed by atoms with van der Waals surface area (Å²) >= 11 is 5.89. The number of nitrogen functional groups attached to an aromatic ring is 1. The van der Waals surface area contributed by atoms with Crippen LogP contribution in [0.15, 0.2) is 54.6 Å². The third kappa shape index (κ3) is 4.72. The van der Waals surface area contributed by atoms with Gasteiger partial charge in [0.2, 0.25) is 5.91 Å². The summed E-state index contributed by atoms with van der Waals surface area (Å²) in [5, 5.41) is 1.56. The molecule has 1 saturated heterocycles. The number of amides is 1. The highest BCUT2D eigenvalue weighted by molar-refractivity contribution is 6.30. The number of hydrogen-bond acceptors (Lipinski definition) is 5. The first kappa shape index (κ1) is 19.4. The number of halogens is 1. The van der Waals surface area contributed by atoms with Crippen molar-refractivity contribution in [2.24, 2.45) is 0 Å². The van der Waals surface area contributed by atoms with Crippen LogP contribution in [0.5, 0.6) is 0 Å². The van der Waals surface area contributed by atoms with E-state index in [4.69, 9.17) is 17.3 Å². The largest absolute Gasteiger partial charge is 0.383 e. The molecular weight excluding hydrogens is 386 g/mol. The molecule has 1 aromatic heterocycles. The summed E-state index contributed by atoms with van der Waals surface area (Å²) in [6.45, 7) is 3.52. The lowest BCUT2D eigenvalue weighted by Gasteiger charge is -2.33. The van der Waals surface area contributed by atoms with Gasteiger partial charge in [-0.05, 0) is 35.9 Å². The monoisotopic (exact) mass is 407 g/mol. The average molecular weight is 408 g/mol. The molecule has 1 aliphatic heterocycles. The van der Waals surface area contributed by atoms with Gasteiger partial charge in [0.25, 0.3) is 0 Å². The summed E-state index contributed by atoms with van der Waals surface area (Å²) in [7, 11) is 0. The van der Waals surface area contributed by atoms with Gasteiger partial charge in [0.05, 0.1) is 12.1 Å². The molecule has 0 bridgehead atoms. The lowest BCUT2D eigenvalue weighted by atomic mass is 10.2. The lowest BCUT2D eigenvalue weighted by Crippen LogP contribution is -2.48. The van der Waals surface area contributed by atoms with E-state index in [0.29, 0.717) is 36.3 Å². The quantitative estimate of drug-likeness (QED) is 0.672. The molecule has 2 N–H and O–H groups in total. The van der Waals surface area contributed by atoms with Gasteiger partial charge in [0.1, 0.15) is 11.6 Å². The molecule has 148 valence electrons. The molecule has 0 saturated carbocycles. The Bertz CT molecular complexity index is 1040. The molecule has 1 fully saturated rings. The van der Waals surface area contributed by atoms with Crippen molar-refractivity contribution in [2.45, 2.75) is 6.54 Å². The van der Waals surface area contributed by atoms with E-state index in [2.05, 4.69) is 14.9 Å². The highest BCUT2D eigenvalue weighted by Crippen LogP contribution is 2.18. The fraction of sp³-hybridized carbons (Fsp3) is 0.227. The first-order valence-corrected chi connectivity index (χ1v) is 9.92. The molecule has 0 radical (unpaired) electrons. The number of anilines is 1. The van der Waals surface area contributed by atoms with Crippen molar-refractivity contribution in [2.75, 3.05) is 31.9 Å². The second-order valence-corrected chi connectivity index (χ2v) is 7.46. The average Bonchev–Trinajstić information content (AvgIpc) is 2.74. The van der Waals surface area contributed by atoms with E-state index in [9.17, 15) is 4.79 Å². The van der Waals surface area contributed by atoms with Gasteiger partial charge in [0.15, 0.2) is 0 Å². The molecule has 1 aliphatic rings. The highest BCUT2D eigenvalue weighted by Gasteiger charge is 2.20. The van der Waals surface area contributed by atoms with Gasteiger partial charge in [-0.2, -0.15) is 0 Å². The van der Waals surface area contributed by atoms with Crippen LogP contribution in [-0.2, 0) is 11.3 Å². The standard InChI is InChI=1S/C22H22ClN5O/c23-17-8-5-16(6-9-17)7-10-21(29)28-13-11-27(12-14-28)15-20-25-19-4-2-1-3-18(19)22(24)26-20/h1-10H,11-15H2,(H2,24,25,26)/b10-7+. The number of nitrogens with two attached hydrogens (primary N) is 1. The van der Waals surface area contributed by atoms with Crippen LogP contribution >= 0.6 is 11.6 Å². The molecule has 0 unspecified atom stereocenters. The normalized spacial score (nSPS) is 15.3. The van der Waals surface area contributed by atoms with Crippen LogP contribution in [-0.4, -0.2) is 51.9 Å². The summed E-state index contributed by atoms with van der Waals surface area (Å²) in [5.74, 6) is 1.24. The van der Waals surface area contributed by atoms with Gasteiger partial charge in [0, 0.05) is 42.7 Å². The number of piperazine rings is 1. The zero-order valence-corrected chi connectivity index (χ0v) is 16.7. The van der Waals surface area contributed by atoms with E-state index in [0.717, 1.165) is 29.6 Å². The van der Waals surface area contributed by atoms with Crippen molar-refractivity contribution in [3.63, 3.8) is 0 Å². The molecule has 1 amide bonds. The van der Waals surface area contributed by atoms with Crippen LogP contribution < -0.4 is 5.73 Å². The van der Waals surface area contributed by atoms with Gasteiger partial charge in [-0.15, -0.1) is 0 Å². The number of nitrogens with zero attached hydrogens (tertiary/aromatic N) is 4. The molecule has 3 aromatic rings. The van der Waals surface area contributed by atoms with E-state index in [1.54, 1.807) is 6.08 Å². The summed E-state index contributed by atoms with van der Waals surface area (Å²) in [6.07, 6.45) is 3.43. The zero-order chi connectivity index (χ0) is 20.2. The number of hydrogen-bond donors (Lipinski definition) is 1. The minimum Gasteiger partial charge on any atom is -0.383 e. The number of aromatic nitrogens is 2. The third-order valence-corrected chi connectivity index (χ3v) is 5.27. The maximum absolute atomic E-state index is 12.4. The SMILES string of the molecule is Nc1nc(CN2CCN(C(=O)/C=C/c3ccc(Cl)cc3)CC2)nc2ccccc12. The molecule has 0 spiro atoms. The predicted octanol–water partition coefficient (Wildman–Crippen LogP) is 3.22. The van der Waals surface area contributed by atoms with Gasteiger partial charge in [-0.3, -0.25) is 9.69 Å². The summed E-state index contributed by atoms with van der Waals surface area (Å²) in [6, 6.07) is 15.1. The van der Waals surface area contributed by atoms with Crippen LogP contribution in [0.4, 0.5) is 5.82 Å². The van der Waals surface area contributed by atoms with Crippen LogP contribution in [0.2, 0.25) is 5.02 Å². The fourth-order valence-corrected chi connectivity index (χ4v) is 3.52. The number of fused-ring (bicyclic) bond motifs is 1. The number of carbonyl (C=O) groups is 1. The van der Waals surface area contributed by atoms with E-state index in [1.807, 2.05) is 59.5 Å². The summed E-state index contributed by atoms with van der Waals surface area (Å²) in [5.41, 5.74) is 7.88. The van der Waals surface area contributed by atoms with Crippen molar-refractivity contribution in [3.05, 3.63) is 71.0 Å². The second kappa shape index (κ2) is 8.59. The Labute approximate surface area is 174 Å². The molecule has 2 heterocycles. The molecule has 0 aliphatic carbocycles. The van der Waals surface area contributed by atoms with E-state index < -0.39 is 0 Å². The molecule has 29 heavy (non-hydrogen) atoms. The van der Waals surface area contributed by atoms with Crippen LogP contribution in [0.1, 0.15) is 11.4 Å². The van der Waals surface area contributed by atoms with E-state index in [1.165, 1.54) is 0 Å². The fourth-order valence-electron chi connectivity index (χ4n) is 3.39. The predicted molar refractivity (Wildman–Crippen MR) is 116 cm³/mol. The Morgan fingerprint density at radius 3 is 2.52 bits per heavy atom. The first-order chi connectivity index (χ1) is 14.1. The first-order valence-electron chi connectivity index (χ1n) is 9.54. The van der Waals surface area contributed by atoms with Crippen molar-refractivity contribution in [3.8, 4) is 0 Å². The van der Waals surface area contributed by atoms with Gasteiger partial charge in [-0.25, -0.2) is 9.97 Å². The zero-order valence-electron chi connectivity index (χ0n) is 16.0. The number of para-hydroxylation sites is 1. The Hall–Kier alpha value is -2.96. The van der Waals surface area contributed by atoms with Crippen LogP contribution in [0.25, 0.3) is 17.0 Å². The minimum atomic E-state index is 0.0193. The molecular formula is C22H22ClN5O. The Morgan fingerprint density at radius 2 is 1.76 bits per heavy atom. The highest BCUT2D eigenvalue weighted by atomic mass is 35.5. The molecule has 6 nitrogen and oxygen atoms in total. The molecule has 7 heteroatoms. The van der Waals surface area contributed by atoms with E-state index >= 15 is 0 Å². The molecule has 0 atom stereocenters. The maximum atomic E-state index is 12.4. The number of benzene rings is 2. The van der Waals surface area contributed by atoms with Gasteiger partial charge in [-0.1, -0.05) is 35.9 Å². The van der Waals surface area contributed by atoms with Gasteiger partial charge >= 0.3 is 0 Å². The molecule has 2 aromatic carbocycles. The topological polar surface area (TPSA) is 75.3 Å². The maximum Gasteiger partial charge on any atom is 0.246 e.